The average molecular weight is 374 g/mol. The number of nitrogens with one attached hydrogen (secondary N) is 1. The lowest BCUT2D eigenvalue weighted by molar-refractivity contribution is -0.123. The first-order valence-corrected chi connectivity index (χ1v) is 7.60. The fourth-order valence-corrected chi connectivity index (χ4v) is 2.19. The molecular formula is C15H11Cl3N2O3. The van der Waals surface area contributed by atoms with Gasteiger partial charge < -0.3 is 10.1 Å². The second-order valence-electron chi connectivity index (χ2n) is 4.48. The zero-order valence-corrected chi connectivity index (χ0v) is 14.1. The number of amides is 1. The number of pyridine rings is 1. The highest BCUT2D eigenvalue weighted by molar-refractivity contribution is 6.44. The van der Waals surface area contributed by atoms with Gasteiger partial charge in [0.1, 0.15) is 5.15 Å². The highest BCUT2D eigenvalue weighted by Crippen LogP contribution is 2.29. The molecule has 1 heterocycles. The second kappa shape index (κ2) is 7.64. The minimum atomic E-state index is -1.06. The molecule has 0 fully saturated rings. The number of aromatic nitrogens is 1. The molecule has 0 bridgehead atoms. The van der Waals surface area contributed by atoms with Crippen molar-refractivity contribution < 1.29 is 14.3 Å². The van der Waals surface area contributed by atoms with Crippen LogP contribution in [0.25, 0.3) is 0 Å². The van der Waals surface area contributed by atoms with Crippen LogP contribution < -0.4 is 5.32 Å². The fourth-order valence-electron chi connectivity index (χ4n) is 1.65. The molecule has 0 saturated heterocycles. The van der Waals surface area contributed by atoms with E-state index in [0.717, 1.165) is 0 Å². The molecule has 0 aliphatic rings. The van der Waals surface area contributed by atoms with E-state index < -0.39 is 18.0 Å². The number of carbonyl (C=O) groups is 2. The third kappa shape index (κ3) is 4.34. The maximum atomic E-state index is 12.1. The lowest BCUT2D eigenvalue weighted by Gasteiger charge is -2.14. The number of rotatable bonds is 4. The number of ether oxygens (including phenoxy) is 1. The Balaban J connectivity index is 2.04. The van der Waals surface area contributed by atoms with E-state index >= 15 is 0 Å². The zero-order chi connectivity index (χ0) is 17.0. The fraction of sp³-hybridized carbons (Fsp3) is 0.133. The van der Waals surface area contributed by atoms with Crippen LogP contribution in [0.3, 0.4) is 0 Å². The van der Waals surface area contributed by atoms with Crippen LogP contribution in [0.2, 0.25) is 15.2 Å². The molecule has 8 heteroatoms. The maximum absolute atomic E-state index is 12.1. The van der Waals surface area contributed by atoms with Crippen molar-refractivity contribution in [2.45, 2.75) is 13.0 Å². The van der Waals surface area contributed by atoms with Crippen LogP contribution in [-0.2, 0) is 9.53 Å². The van der Waals surface area contributed by atoms with E-state index in [2.05, 4.69) is 10.3 Å². The van der Waals surface area contributed by atoms with E-state index in [9.17, 15) is 9.59 Å². The van der Waals surface area contributed by atoms with Crippen LogP contribution in [0.5, 0.6) is 0 Å². The first-order valence-electron chi connectivity index (χ1n) is 6.46. The van der Waals surface area contributed by atoms with Gasteiger partial charge in [-0.25, -0.2) is 9.78 Å². The Morgan fingerprint density at radius 2 is 1.91 bits per heavy atom. The van der Waals surface area contributed by atoms with Crippen LogP contribution in [-0.4, -0.2) is 23.0 Å². The zero-order valence-electron chi connectivity index (χ0n) is 11.8. The van der Waals surface area contributed by atoms with Crippen molar-refractivity contribution in [3.63, 3.8) is 0 Å². The Morgan fingerprint density at radius 3 is 2.61 bits per heavy atom. The number of benzene rings is 1. The topological polar surface area (TPSA) is 68.3 Å². The largest absolute Gasteiger partial charge is 0.449 e. The van der Waals surface area contributed by atoms with Crippen LogP contribution in [0, 0.1) is 0 Å². The predicted molar refractivity (Wildman–Crippen MR) is 89.2 cm³/mol. The number of halogens is 3. The Hall–Kier alpha value is -1.82. The predicted octanol–water partition coefficient (Wildman–Crippen LogP) is 4.23. The molecule has 0 aliphatic heterocycles. The van der Waals surface area contributed by atoms with Crippen molar-refractivity contribution in [1.29, 1.82) is 0 Å². The van der Waals surface area contributed by atoms with Crippen molar-refractivity contribution in [2.24, 2.45) is 0 Å². The quantitative estimate of drug-likeness (QED) is 0.643. The molecule has 1 unspecified atom stereocenters. The number of anilines is 1. The molecule has 0 saturated carbocycles. The summed E-state index contributed by atoms with van der Waals surface area (Å²) in [4.78, 5) is 27.8. The monoisotopic (exact) mass is 372 g/mol. The first kappa shape index (κ1) is 17.5. The minimum absolute atomic E-state index is 0.00277. The summed E-state index contributed by atoms with van der Waals surface area (Å²) in [6.45, 7) is 1.43. The van der Waals surface area contributed by atoms with Crippen LogP contribution >= 0.6 is 34.8 Å². The molecule has 0 aliphatic carbocycles. The highest BCUT2D eigenvalue weighted by Gasteiger charge is 2.21. The SMILES string of the molecule is CC(OC(=O)c1cccnc1Cl)C(=O)Nc1cccc(Cl)c1Cl. The van der Waals surface area contributed by atoms with Crippen molar-refractivity contribution in [1.82, 2.24) is 4.98 Å². The molecular weight excluding hydrogens is 363 g/mol. The average Bonchev–Trinajstić information content (AvgIpc) is 2.52. The molecule has 2 rings (SSSR count). The van der Waals surface area contributed by atoms with Gasteiger partial charge in [0.15, 0.2) is 6.10 Å². The Labute approximate surface area is 147 Å². The Morgan fingerprint density at radius 1 is 1.17 bits per heavy atom. The highest BCUT2D eigenvalue weighted by atomic mass is 35.5. The molecule has 23 heavy (non-hydrogen) atoms. The third-order valence-electron chi connectivity index (χ3n) is 2.84. The third-order valence-corrected chi connectivity index (χ3v) is 3.96. The maximum Gasteiger partial charge on any atom is 0.342 e. The van der Waals surface area contributed by atoms with E-state index in [1.165, 1.54) is 19.2 Å². The molecule has 5 nitrogen and oxygen atoms in total. The summed E-state index contributed by atoms with van der Waals surface area (Å²) in [6, 6.07) is 7.80. The summed E-state index contributed by atoms with van der Waals surface area (Å²) in [5.41, 5.74) is 0.404. The van der Waals surface area contributed by atoms with Gasteiger partial charge >= 0.3 is 5.97 Å². The molecule has 1 aromatic carbocycles. The molecule has 120 valence electrons. The summed E-state index contributed by atoms with van der Waals surface area (Å²) in [7, 11) is 0. The van der Waals surface area contributed by atoms with Gasteiger partial charge in [-0.15, -0.1) is 0 Å². The van der Waals surface area contributed by atoms with Crippen LogP contribution in [0.15, 0.2) is 36.5 Å². The molecule has 1 aromatic heterocycles. The van der Waals surface area contributed by atoms with Gasteiger partial charge in [-0.2, -0.15) is 0 Å². The van der Waals surface area contributed by atoms with Crippen molar-refractivity contribution >= 4 is 52.4 Å². The Kier molecular flexibility index (Phi) is 5.82. The van der Waals surface area contributed by atoms with Gasteiger partial charge in [-0.1, -0.05) is 40.9 Å². The minimum Gasteiger partial charge on any atom is -0.449 e. The van der Waals surface area contributed by atoms with E-state index in [1.807, 2.05) is 0 Å². The summed E-state index contributed by atoms with van der Waals surface area (Å²) in [6.07, 6.45) is 0.380. The number of nitrogens with zero attached hydrogens (tertiary/aromatic N) is 1. The molecule has 2 aromatic rings. The molecule has 1 atom stereocenters. The summed E-state index contributed by atoms with van der Waals surface area (Å²) in [5.74, 6) is -1.30. The van der Waals surface area contributed by atoms with Crippen molar-refractivity contribution in [3.05, 3.63) is 57.3 Å². The lowest BCUT2D eigenvalue weighted by Crippen LogP contribution is -2.30. The van der Waals surface area contributed by atoms with Crippen LogP contribution in [0.1, 0.15) is 17.3 Å². The summed E-state index contributed by atoms with van der Waals surface area (Å²) >= 11 is 17.7. The molecule has 1 amide bonds. The summed E-state index contributed by atoms with van der Waals surface area (Å²) < 4.78 is 5.07. The van der Waals surface area contributed by atoms with Gasteiger partial charge in [0.05, 0.1) is 21.3 Å². The number of hydrogen-bond acceptors (Lipinski definition) is 4. The number of esters is 1. The number of hydrogen-bond donors (Lipinski definition) is 1. The van der Waals surface area contributed by atoms with Gasteiger partial charge in [-0.3, -0.25) is 4.79 Å². The lowest BCUT2D eigenvalue weighted by atomic mass is 10.2. The second-order valence-corrected chi connectivity index (χ2v) is 5.62. The van der Waals surface area contributed by atoms with Gasteiger partial charge in [0.25, 0.3) is 5.91 Å². The van der Waals surface area contributed by atoms with Crippen molar-refractivity contribution in [3.8, 4) is 0 Å². The van der Waals surface area contributed by atoms with E-state index in [4.69, 9.17) is 39.5 Å². The Bertz CT molecular complexity index is 752. The van der Waals surface area contributed by atoms with Gasteiger partial charge in [0.2, 0.25) is 0 Å². The van der Waals surface area contributed by atoms with E-state index in [0.29, 0.717) is 10.7 Å². The van der Waals surface area contributed by atoms with Crippen molar-refractivity contribution in [2.75, 3.05) is 5.32 Å². The van der Waals surface area contributed by atoms with Gasteiger partial charge in [0, 0.05) is 6.20 Å². The summed E-state index contributed by atoms with van der Waals surface area (Å²) in [5, 5.41) is 3.05. The molecule has 0 spiro atoms. The molecule has 1 N–H and O–H groups in total. The van der Waals surface area contributed by atoms with Gasteiger partial charge in [-0.05, 0) is 31.2 Å². The normalized spacial score (nSPS) is 11.7. The van der Waals surface area contributed by atoms with E-state index in [1.54, 1.807) is 24.3 Å². The molecule has 0 radical (unpaired) electrons. The first-order chi connectivity index (χ1) is 10.9. The van der Waals surface area contributed by atoms with Crippen LogP contribution in [0.4, 0.5) is 5.69 Å². The van der Waals surface area contributed by atoms with E-state index in [-0.39, 0.29) is 15.7 Å². The smallest absolute Gasteiger partial charge is 0.342 e. The number of carbonyl (C=O) groups excluding carboxylic acids is 2. The standard InChI is InChI=1S/C15H11Cl3N2O3/c1-8(23-15(22)9-4-3-7-19-13(9)18)14(21)20-11-6-2-5-10(16)12(11)17/h2-8H,1H3,(H,20,21).